The molecule has 0 unspecified atom stereocenters. The maximum Gasteiger partial charge on any atom is 0.283 e. The number of benzene rings is 1. The number of halogens is 1. The van der Waals surface area contributed by atoms with Crippen molar-refractivity contribution in [1.82, 2.24) is 10.2 Å². The smallest absolute Gasteiger partial charge is 0.283 e. The predicted molar refractivity (Wildman–Crippen MR) is 94.8 cm³/mol. The highest BCUT2D eigenvalue weighted by molar-refractivity contribution is 6.30. The van der Waals surface area contributed by atoms with Crippen LogP contribution in [0.2, 0.25) is 5.02 Å². The zero-order chi connectivity index (χ0) is 17.2. The van der Waals surface area contributed by atoms with Crippen molar-refractivity contribution in [3.05, 3.63) is 53.1 Å². The Morgan fingerprint density at radius 2 is 2.04 bits per heavy atom. The van der Waals surface area contributed by atoms with Gasteiger partial charge in [0.25, 0.3) is 11.8 Å². The number of hydrogen-bond donors (Lipinski definition) is 1. The third-order valence-corrected chi connectivity index (χ3v) is 4.82. The molecule has 0 saturated carbocycles. The Bertz CT molecular complexity index is 839. The van der Waals surface area contributed by atoms with Crippen LogP contribution in [-0.2, 0) is 6.54 Å². The zero-order valence-corrected chi connectivity index (χ0v) is 14.8. The van der Waals surface area contributed by atoms with Crippen molar-refractivity contribution in [3.8, 4) is 11.7 Å². The number of nitrogens with zero attached hydrogens (tertiary/aromatic N) is 3. The largest absolute Gasteiger partial charge is 0.459 e. The van der Waals surface area contributed by atoms with Crippen LogP contribution in [0.3, 0.4) is 0 Å². The van der Waals surface area contributed by atoms with Gasteiger partial charge in [0, 0.05) is 10.7 Å². The first-order valence-electron chi connectivity index (χ1n) is 8.40. The Hall–Kier alpha value is -2.31. The number of piperazine rings is 1. The molecule has 0 spiro atoms. The molecule has 130 valence electrons. The fraction of sp³-hybridized carbons (Fsp3) is 0.333. The van der Waals surface area contributed by atoms with E-state index in [-0.39, 0.29) is 0 Å². The van der Waals surface area contributed by atoms with Crippen LogP contribution in [0, 0.1) is 6.92 Å². The lowest BCUT2D eigenvalue weighted by Crippen LogP contribution is -3.13. The molecule has 4 rings (SSSR count). The van der Waals surface area contributed by atoms with E-state index in [1.807, 2.05) is 18.2 Å². The second-order valence-corrected chi connectivity index (χ2v) is 6.76. The number of hydrogen-bond acceptors (Lipinski definition) is 5. The Balaban J connectivity index is 1.37. The summed E-state index contributed by atoms with van der Waals surface area (Å²) in [6, 6.07) is 9.69. The summed E-state index contributed by atoms with van der Waals surface area (Å²) in [6.07, 6.45) is 1.60. The minimum atomic E-state index is 0.438. The summed E-state index contributed by atoms with van der Waals surface area (Å²) in [6.45, 7) is 6.86. The fourth-order valence-corrected chi connectivity index (χ4v) is 3.37. The molecule has 1 aromatic carbocycles. The lowest BCUT2D eigenvalue weighted by Gasteiger charge is -2.34. The quantitative estimate of drug-likeness (QED) is 0.773. The number of aryl methyl sites for hydroxylation is 1. The first kappa shape index (κ1) is 16.2. The van der Waals surface area contributed by atoms with Gasteiger partial charge in [-0.15, -0.1) is 10.2 Å². The van der Waals surface area contributed by atoms with Crippen molar-refractivity contribution in [2.24, 2.45) is 0 Å². The van der Waals surface area contributed by atoms with Crippen LogP contribution in [-0.4, -0.2) is 36.4 Å². The number of furan rings is 1. The van der Waals surface area contributed by atoms with Crippen LogP contribution in [0.15, 0.2) is 45.4 Å². The van der Waals surface area contributed by atoms with Gasteiger partial charge in [0.15, 0.2) is 12.3 Å². The van der Waals surface area contributed by atoms with E-state index < -0.39 is 0 Å². The van der Waals surface area contributed by atoms with E-state index in [0.29, 0.717) is 17.5 Å². The third-order valence-electron chi connectivity index (χ3n) is 4.58. The van der Waals surface area contributed by atoms with Gasteiger partial charge in [-0.25, -0.2) is 0 Å². The van der Waals surface area contributed by atoms with Crippen molar-refractivity contribution in [1.29, 1.82) is 0 Å². The number of quaternary nitrogens is 1. The van der Waals surface area contributed by atoms with E-state index in [0.717, 1.165) is 37.7 Å². The number of rotatable bonds is 4. The summed E-state index contributed by atoms with van der Waals surface area (Å²) >= 11 is 6.15. The SMILES string of the molecule is Cc1ccc(Cl)cc1N1CC[NH+](Cc2nnc(-c3ccco3)o2)CC1. The van der Waals surface area contributed by atoms with Crippen molar-refractivity contribution in [2.45, 2.75) is 13.5 Å². The highest BCUT2D eigenvalue weighted by Gasteiger charge is 2.23. The van der Waals surface area contributed by atoms with Crippen LogP contribution in [0.5, 0.6) is 0 Å². The molecule has 3 heterocycles. The van der Waals surface area contributed by atoms with Crippen molar-refractivity contribution in [3.63, 3.8) is 0 Å². The van der Waals surface area contributed by atoms with E-state index in [1.54, 1.807) is 6.26 Å². The Morgan fingerprint density at radius 1 is 1.20 bits per heavy atom. The summed E-state index contributed by atoms with van der Waals surface area (Å²) in [5.74, 6) is 1.69. The van der Waals surface area contributed by atoms with Gasteiger partial charge in [-0.2, -0.15) is 0 Å². The Labute approximate surface area is 151 Å². The van der Waals surface area contributed by atoms with E-state index in [2.05, 4.69) is 34.2 Å². The topological polar surface area (TPSA) is 59.7 Å². The number of aromatic nitrogens is 2. The molecular formula is C18H20ClN4O2+. The minimum Gasteiger partial charge on any atom is -0.459 e. The molecule has 7 heteroatoms. The van der Waals surface area contributed by atoms with Gasteiger partial charge in [0.2, 0.25) is 0 Å². The van der Waals surface area contributed by atoms with Crippen LogP contribution >= 0.6 is 11.6 Å². The molecule has 2 aromatic heterocycles. The molecule has 0 aliphatic carbocycles. The molecule has 0 amide bonds. The van der Waals surface area contributed by atoms with E-state index >= 15 is 0 Å². The maximum atomic E-state index is 6.15. The van der Waals surface area contributed by atoms with Crippen LogP contribution in [0.25, 0.3) is 11.7 Å². The van der Waals surface area contributed by atoms with Crippen molar-refractivity contribution < 1.29 is 13.7 Å². The van der Waals surface area contributed by atoms with E-state index in [9.17, 15) is 0 Å². The number of anilines is 1. The fourth-order valence-electron chi connectivity index (χ4n) is 3.20. The summed E-state index contributed by atoms with van der Waals surface area (Å²) < 4.78 is 11.0. The van der Waals surface area contributed by atoms with E-state index in [1.165, 1.54) is 16.2 Å². The molecule has 6 nitrogen and oxygen atoms in total. The summed E-state index contributed by atoms with van der Waals surface area (Å²) in [7, 11) is 0. The third kappa shape index (κ3) is 3.55. The molecule has 0 atom stereocenters. The molecule has 1 fully saturated rings. The molecule has 1 aliphatic rings. The lowest BCUT2D eigenvalue weighted by atomic mass is 10.1. The van der Waals surface area contributed by atoms with Crippen LogP contribution in [0.1, 0.15) is 11.5 Å². The molecular weight excluding hydrogens is 340 g/mol. The van der Waals surface area contributed by atoms with Gasteiger partial charge in [-0.05, 0) is 36.8 Å². The molecule has 25 heavy (non-hydrogen) atoms. The average molecular weight is 360 g/mol. The standard InChI is InChI=1S/C18H19ClN4O2/c1-13-4-5-14(19)11-15(13)23-8-6-22(7-9-23)12-17-20-21-18(25-17)16-3-2-10-24-16/h2-5,10-11H,6-9,12H2,1H3/p+1. The minimum absolute atomic E-state index is 0.438. The van der Waals surface area contributed by atoms with Crippen LogP contribution < -0.4 is 9.80 Å². The highest BCUT2D eigenvalue weighted by atomic mass is 35.5. The monoisotopic (exact) mass is 359 g/mol. The Kier molecular flexibility index (Phi) is 4.46. The van der Waals surface area contributed by atoms with Gasteiger partial charge in [0.05, 0.1) is 32.4 Å². The zero-order valence-electron chi connectivity index (χ0n) is 14.0. The first-order valence-corrected chi connectivity index (χ1v) is 8.78. The normalized spacial score (nSPS) is 15.7. The summed E-state index contributed by atoms with van der Waals surface area (Å²) in [5.41, 5.74) is 2.48. The molecule has 1 saturated heterocycles. The van der Waals surface area contributed by atoms with Crippen molar-refractivity contribution in [2.75, 3.05) is 31.1 Å². The average Bonchev–Trinajstić information content (AvgIpc) is 3.29. The van der Waals surface area contributed by atoms with Gasteiger partial charge in [-0.3, -0.25) is 0 Å². The second-order valence-electron chi connectivity index (χ2n) is 6.32. The van der Waals surface area contributed by atoms with Crippen molar-refractivity contribution >= 4 is 17.3 Å². The predicted octanol–water partition coefficient (Wildman–Crippen LogP) is 2.20. The first-order chi connectivity index (χ1) is 12.2. The summed E-state index contributed by atoms with van der Waals surface area (Å²) in [5, 5.41) is 8.98. The number of nitrogens with one attached hydrogen (secondary N) is 1. The second kappa shape index (κ2) is 6.90. The molecule has 1 aliphatic heterocycles. The van der Waals surface area contributed by atoms with E-state index in [4.69, 9.17) is 20.4 Å². The maximum absolute atomic E-state index is 6.15. The van der Waals surface area contributed by atoms with Gasteiger partial charge >= 0.3 is 0 Å². The molecule has 3 aromatic rings. The van der Waals surface area contributed by atoms with Gasteiger partial charge < -0.3 is 18.6 Å². The molecule has 1 N–H and O–H groups in total. The van der Waals surface area contributed by atoms with Gasteiger partial charge in [0.1, 0.15) is 0 Å². The summed E-state index contributed by atoms with van der Waals surface area (Å²) in [4.78, 5) is 3.83. The lowest BCUT2D eigenvalue weighted by molar-refractivity contribution is -0.915. The van der Waals surface area contributed by atoms with Crippen LogP contribution in [0.4, 0.5) is 5.69 Å². The molecule has 0 radical (unpaired) electrons. The Morgan fingerprint density at radius 3 is 2.80 bits per heavy atom. The van der Waals surface area contributed by atoms with Gasteiger partial charge in [-0.1, -0.05) is 17.7 Å². The molecule has 0 bridgehead atoms. The highest BCUT2D eigenvalue weighted by Crippen LogP contribution is 2.24.